The van der Waals surface area contributed by atoms with Crippen LogP contribution in [0.1, 0.15) is 19.8 Å². The fourth-order valence-electron chi connectivity index (χ4n) is 1.27. The maximum Gasteiger partial charge on any atom is 0.323 e. The molecule has 0 aliphatic heterocycles. The van der Waals surface area contributed by atoms with Crippen molar-refractivity contribution in [2.24, 2.45) is 5.73 Å². The number of nitrogens with two attached hydrogens (primary N) is 1. The van der Waals surface area contributed by atoms with E-state index in [1.165, 1.54) is 31.2 Å². The smallest absolute Gasteiger partial charge is 0.323 e. The van der Waals surface area contributed by atoms with Crippen LogP contribution in [0.25, 0.3) is 0 Å². The molecular formula is C12H16FNO3. The van der Waals surface area contributed by atoms with Crippen molar-refractivity contribution < 1.29 is 19.0 Å². The molecule has 1 rings (SSSR count). The van der Waals surface area contributed by atoms with E-state index in [4.69, 9.17) is 15.6 Å². The van der Waals surface area contributed by atoms with Crippen molar-refractivity contribution in [3.63, 3.8) is 0 Å². The van der Waals surface area contributed by atoms with Crippen LogP contribution >= 0.6 is 0 Å². The Morgan fingerprint density at radius 2 is 2.06 bits per heavy atom. The van der Waals surface area contributed by atoms with Gasteiger partial charge in [0.2, 0.25) is 0 Å². The largest absolute Gasteiger partial charge is 0.494 e. The van der Waals surface area contributed by atoms with E-state index in [1.54, 1.807) is 0 Å². The molecular weight excluding hydrogens is 225 g/mol. The van der Waals surface area contributed by atoms with E-state index < -0.39 is 11.5 Å². The number of benzene rings is 1. The van der Waals surface area contributed by atoms with E-state index in [2.05, 4.69) is 0 Å². The van der Waals surface area contributed by atoms with Crippen molar-refractivity contribution in [2.75, 3.05) is 6.61 Å². The molecule has 0 fully saturated rings. The number of ether oxygens (including phenoxy) is 1. The van der Waals surface area contributed by atoms with E-state index in [-0.39, 0.29) is 5.82 Å². The molecule has 5 heteroatoms. The number of aliphatic carboxylic acids is 1. The minimum Gasteiger partial charge on any atom is -0.494 e. The van der Waals surface area contributed by atoms with Crippen molar-refractivity contribution in [2.45, 2.75) is 25.3 Å². The van der Waals surface area contributed by atoms with Gasteiger partial charge in [-0.25, -0.2) is 4.39 Å². The van der Waals surface area contributed by atoms with Gasteiger partial charge in [-0.1, -0.05) is 0 Å². The molecule has 94 valence electrons. The first-order chi connectivity index (χ1) is 7.92. The van der Waals surface area contributed by atoms with E-state index in [9.17, 15) is 9.18 Å². The quantitative estimate of drug-likeness (QED) is 0.745. The lowest BCUT2D eigenvalue weighted by molar-refractivity contribution is -0.142. The van der Waals surface area contributed by atoms with Gasteiger partial charge in [0.25, 0.3) is 0 Å². The summed E-state index contributed by atoms with van der Waals surface area (Å²) >= 11 is 0. The second-order valence-electron chi connectivity index (χ2n) is 4.13. The first-order valence-corrected chi connectivity index (χ1v) is 5.32. The molecule has 0 aliphatic rings. The number of carboxylic acids is 1. The van der Waals surface area contributed by atoms with Gasteiger partial charge in [-0.05, 0) is 44.0 Å². The van der Waals surface area contributed by atoms with Gasteiger partial charge in [-0.3, -0.25) is 4.79 Å². The van der Waals surface area contributed by atoms with Gasteiger partial charge in [0.05, 0.1) is 6.61 Å². The molecule has 0 saturated heterocycles. The Morgan fingerprint density at radius 1 is 1.47 bits per heavy atom. The number of rotatable bonds is 6. The highest BCUT2D eigenvalue weighted by atomic mass is 19.1. The maximum absolute atomic E-state index is 12.6. The summed E-state index contributed by atoms with van der Waals surface area (Å²) in [5.74, 6) is -0.794. The van der Waals surface area contributed by atoms with Crippen molar-refractivity contribution in [1.82, 2.24) is 0 Å². The third-order valence-electron chi connectivity index (χ3n) is 2.41. The van der Waals surface area contributed by atoms with Crippen LogP contribution < -0.4 is 10.5 Å². The van der Waals surface area contributed by atoms with Crippen molar-refractivity contribution in [3.05, 3.63) is 30.1 Å². The highest BCUT2D eigenvalue weighted by Gasteiger charge is 2.26. The summed E-state index contributed by atoms with van der Waals surface area (Å²) in [6.45, 7) is 1.82. The predicted octanol–water partition coefficient (Wildman–Crippen LogP) is 1.79. The number of carboxylic acid groups (broad SMARTS) is 1. The highest BCUT2D eigenvalue weighted by Crippen LogP contribution is 2.13. The average molecular weight is 241 g/mol. The van der Waals surface area contributed by atoms with Crippen molar-refractivity contribution in [3.8, 4) is 5.75 Å². The van der Waals surface area contributed by atoms with Gasteiger partial charge in [-0.15, -0.1) is 0 Å². The summed E-state index contributed by atoms with van der Waals surface area (Å²) in [5, 5.41) is 8.78. The summed E-state index contributed by atoms with van der Waals surface area (Å²) in [7, 11) is 0. The zero-order valence-corrected chi connectivity index (χ0v) is 9.65. The molecule has 1 atom stereocenters. The lowest BCUT2D eigenvalue weighted by Gasteiger charge is -2.18. The van der Waals surface area contributed by atoms with Gasteiger partial charge in [-0.2, -0.15) is 0 Å². The third-order valence-corrected chi connectivity index (χ3v) is 2.41. The molecule has 0 bridgehead atoms. The second-order valence-corrected chi connectivity index (χ2v) is 4.13. The zero-order chi connectivity index (χ0) is 12.9. The number of halogens is 1. The molecule has 1 unspecified atom stereocenters. The predicted molar refractivity (Wildman–Crippen MR) is 61.4 cm³/mol. The van der Waals surface area contributed by atoms with Crippen molar-refractivity contribution in [1.29, 1.82) is 0 Å². The number of hydrogen-bond donors (Lipinski definition) is 2. The molecule has 0 aliphatic carbocycles. The second kappa shape index (κ2) is 5.63. The summed E-state index contributed by atoms with van der Waals surface area (Å²) < 4.78 is 17.9. The molecule has 0 spiro atoms. The first-order valence-electron chi connectivity index (χ1n) is 5.32. The fraction of sp³-hybridized carbons (Fsp3) is 0.417. The van der Waals surface area contributed by atoms with E-state index >= 15 is 0 Å². The lowest BCUT2D eigenvalue weighted by atomic mass is 9.98. The monoisotopic (exact) mass is 241 g/mol. The van der Waals surface area contributed by atoms with Gasteiger partial charge < -0.3 is 15.6 Å². The number of hydrogen-bond acceptors (Lipinski definition) is 3. The average Bonchev–Trinajstić information content (AvgIpc) is 2.26. The standard InChI is InChI=1S/C12H16FNO3/c1-12(14,11(15)16)7-2-8-17-10-5-3-9(13)4-6-10/h3-6H,2,7-8,14H2,1H3,(H,15,16). The fourth-order valence-corrected chi connectivity index (χ4v) is 1.27. The summed E-state index contributed by atoms with van der Waals surface area (Å²) in [6, 6.07) is 5.65. The topological polar surface area (TPSA) is 72.5 Å². The lowest BCUT2D eigenvalue weighted by Crippen LogP contribution is -2.44. The molecule has 0 heterocycles. The minimum atomic E-state index is -1.23. The minimum absolute atomic E-state index is 0.322. The van der Waals surface area contributed by atoms with Crippen LogP contribution in [0.3, 0.4) is 0 Å². The molecule has 0 amide bonds. The number of carbonyl (C=O) groups is 1. The van der Waals surface area contributed by atoms with Crippen LogP contribution in [0.15, 0.2) is 24.3 Å². The Labute approximate surface area is 99.2 Å². The van der Waals surface area contributed by atoms with Crippen LogP contribution in [0.5, 0.6) is 5.75 Å². The van der Waals surface area contributed by atoms with Crippen LogP contribution in [0.2, 0.25) is 0 Å². The van der Waals surface area contributed by atoms with Gasteiger partial charge >= 0.3 is 5.97 Å². The molecule has 0 aromatic heterocycles. The zero-order valence-electron chi connectivity index (χ0n) is 9.65. The Bertz CT molecular complexity index is 376. The Morgan fingerprint density at radius 3 is 2.59 bits per heavy atom. The molecule has 17 heavy (non-hydrogen) atoms. The molecule has 0 saturated carbocycles. The Kier molecular flexibility index (Phi) is 4.45. The van der Waals surface area contributed by atoms with Crippen LogP contribution in [0, 0.1) is 5.82 Å². The molecule has 1 aromatic carbocycles. The van der Waals surface area contributed by atoms with Gasteiger partial charge in [0.15, 0.2) is 0 Å². The van der Waals surface area contributed by atoms with Crippen LogP contribution in [0.4, 0.5) is 4.39 Å². The molecule has 4 nitrogen and oxygen atoms in total. The van der Waals surface area contributed by atoms with Crippen LogP contribution in [-0.4, -0.2) is 23.2 Å². The molecule has 0 radical (unpaired) electrons. The van der Waals surface area contributed by atoms with Crippen molar-refractivity contribution >= 4 is 5.97 Å². The normalized spacial score (nSPS) is 14.1. The SMILES string of the molecule is CC(N)(CCCOc1ccc(F)cc1)C(=O)O. The molecule has 3 N–H and O–H groups in total. The van der Waals surface area contributed by atoms with Crippen LogP contribution in [-0.2, 0) is 4.79 Å². The molecule has 1 aromatic rings. The van der Waals surface area contributed by atoms with Gasteiger partial charge in [0, 0.05) is 0 Å². The highest BCUT2D eigenvalue weighted by molar-refractivity contribution is 5.77. The summed E-state index contributed by atoms with van der Waals surface area (Å²) in [5.41, 5.74) is 4.32. The van der Waals surface area contributed by atoms with E-state index in [0.717, 1.165) is 0 Å². The third kappa shape index (κ3) is 4.40. The summed E-state index contributed by atoms with van der Waals surface area (Å²) in [4.78, 5) is 10.7. The van der Waals surface area contributed by atoms with Gasteiger partial charge in [0.1, 0.15) is 17.1 Å². The Hall–Kier alpha value is -1.62. The first kappa shape index (κ1) is 13.4. The van der Waals surface area contributed by atoms with E-state index in [1.807, 2.05) is 0 Å². The Balaban J connectivity index is 2.29. The van der Waals surface area contributed by atoms with E-state index in [0.29, 0.717) is 25.2 Å². The summed E-state index contributed by atoms with van der Waals surface area (Å²) in [6.07, 6.45) is 0.847. The maximum atomic E-state index is 12.6.